The molecule has 0 aliphatic heterocycles. The molecule has 0 fully saturated rings. The fourth-order valence-corrected chi connectivity index (χ4v) is 2.05. The molecule has 0 aliphatic carbocycles. The predicted molar refractivity (Wildman–Crippen MR) is 70.0 cm³/mol. The minimum Gasteiger partial charge on any atom is -0.383 e. The van der Waals surface area contributed by atoms with Crippen molar-refractivity contribution >= 4 is 23.1 Å². The molecule has 0 saturated heterocycles. The van der Waals surface area contributed by atoms with Gasteiger partial charge in [0.1, 0.15) is 23.0 Å². The number of anilines is 1. The van der Waals surface area contributed by atoms with Gasteiger partial charge in [0.25, 0.3) is 0 Å². The third-order valence-corrected chi connectivity index (χ3v) is 2.99. The molecule has 3 rings (SSSR count). The number of imidazole rings is 1. The molecule has 2 aromatic heterocycles. The van der Waals surface area contributed by atoms with E-state index in [1.54, 1.807) is 22.7 Å². The summed E-state index contributed by atoms with van der Waals surface area (Å²) >= 11 is 5.73. The quantitative estimate of drug-likeness (QED) is 0.730. The summed E-state index contributed by atoms with van der Waals surface area (Å²) in [5.74, 6) is -0.0237. The molecule has 1 aromatic carbocycles. The maximum absolute atomic E-state index is 13.9. The van der Waals surface area contributed by atoms with Gasteiger partial charge in [-0.25, -0.2) is 9.37 Å². The van der Waals surface area contributed by atoms with E-state index >= 15 is 0 Å². The first-order valence-electron chi connectivity index (χ1n) is 5.35. The first-order chi connectivity index (χ1) is 8.66. The lowest BCUT2D eigenvalue weighted by Crippen LogP contribution is -1.94. The number of halogens is 2. The molecule has 0 aliphatic rings. The van der Waals surface area contributed by atoms with Gasteiger partial charge in [0, 0.05) is 16.8 Å². The van der Waals surface area contributed by atoms with Gasteiger partial charge in [-0.3, -0.25) is 4.40 Å². The van der Waals surface area contributed by atoms with Crippen LogP contribution in [0.25, 0.3) is 16.9 Å². The fraction of sp³-hybridized carbons (Fsp3) is 0. The average Bonchev–Trinajstić information content (AvgIpc) is 2.68. The zero-order chi connectivity index (χ0) is 12.7. The second kappa shape index (κ2) is 3.99. The normalized spacial score (nSPS) is 11.0. The van der Waals surface area contributed by atoms with E-state index in [0.29, 0.717) is 27.7 Å². The molecule has 2 N–H and O–H groups in total. The minimum atomic E-state index is -0.433. The van der Waals surface area contributed by atoms with Crippen molar-refractivity contribution in [3.05, 3.63) is 53.4 Å². The molecule has 0 saturated carbocycles. The van der Waals surface area contributed by atoms with Crippen LogP contribution in [0.5, 0.6) is 0 Å². The number of rotatable bonds is 1. The van der Waals surface area contributed by atoms with Crippen LogP contribution < -0.4 is 5.73 Å². The highest BCUT2D eigenvalue weighted by Gasteiger charge is 2.14. The SMILES string of the molecule is Nc1c(-c2ccc(Cl)cc2F)nc2ccccn12. The number of nitrogens with zero attached hydrogens (tertiary/aromatic N) is 2. The monoisotopic (exact) mass is 261 g/mol. The lowest BCUT2D eigenvalue weighted by molar-refractivity contribution is 0.631. The van der Waals surface area contributed by atoms with Gasteiger partial charge >= 0.3 is 0 Å². The Morgan fingerprint density at radius 2 is 2.06 bits per heavy atom. The van der Waals surface area contributed by atoms with Crippen molar-refractivity contribution in [1.82, 2.24) is 9.38 Å². The van der Waals surface area contributed by atoms with Gasteiger partial charge in [0.15, 0.2) is 0 Å². The number of fused-ring (bicyclic) bond motifs is 1. The van der Waals surface area contributed by atoms with Gasteiger partial charge < -0.3 is 5.73 Å². The Kier molecular flexibility index (Phi) is 2.45. The minimum absolute atomic E-state index is 0.346. The number of pyridine rings is 1. The maximum Gasteiger partial charge on any atom is 0.139 e. The Bertz CT molecular complexity index is 736. The van der Waals surface area contributed by atoms with E-state index in [4.69, 9.17) is 17.3 Å². The van der Waals surface area contributed by atoms with E-state index in [9.17, 15) is 4.39 Å². The highest BCUT2D eigenvalue weighted by Crippen LogP contribution is 2.29. The lowest BCUT2D eigenvalue weighted by Gasteiger charge is -2.01. The first kappa shape index (κ1) is 11.0. The average molecular weight is 262 g/mol. The van der Waals surface area contributed by atoms with Gasteiger partial charge in [-0.2, -0.15) is 0 Å². The van der Waals surface area contributed by atoms with Crippen LogP contribution >= 0.6 is 11.6 Å². The van der Waals surface area contributed by atoms with Crippen LogP contribution in [-0.4, -0.2) is 9.38 Å². The molecule has 18 heavy (non-hydrogen) atoms. The number of hydrogen-bond donors (Lipinski definition) is 1. The first-order valence-corrected chi connectivity index (χ1v) is 5.72. The molecule has 2 heterocycles. The topological polar surface area (TPSA) is 43.3 Å². The largest absolute Gasteiger partial charge is 0.383 e. The fourth-order valence-electron chi connectivity index (χ4n) is 1.89. The molecule has 90 valence electrons. The molecule has 3 nitrogen and oxygen atoms in total. The molecule has 5 heteroatoms. The molecule has 0 unspecified atom stereocenters. The zero-order valence-corrected chi connectivity index (χ0v) is 10.0. The van der Waals surface area contributed by atoms with E-state index in [0.717, 1.165) is 0 Å². The molecule has 3 aromatic rings. The van der Waals surface area contributed by atoms with Gasteiger partial charge in [-0.1, -0.05) is 17.7 Å². The van der Waals surface area contributed by atoms with Crippen molar-refractivity contribution in [2.24, 2.45) is 0 Å². The van der Waals surface area contributed by atoms with Gasteiger partial charge in [-0.05, 0) is 30.3 Å². The number of nitrogens with two attached hydrogens (primary N) is 1. The molecule has 0 amide bonds. The Morgan fingerprint density at radius 1 is 1.22 bits per heavy atom. The number of benzene rings is 1. The van der Waals surface area contributed by atoms with E-state index in [1.165, 1.54) is 6.07 Å². The number of aromatic nitrogens is 2. The summed E-state index contributed by atoms with van der Waals surface area (Å²) in [5.41, 5.74) is 7.43. The van der Waals surface area contributed by atoms with Crippen LogP contribution in [0.3, 0.4) is 0 Å². The van der Waals surface area contributed by atoms with Crippen LogP contribution in [0.4, 0.5) is 10.2 Å². The lowest BCUT2D eigenvalue weighted by atomic mass is 10.1. The van der Waals surface area contributed by atoms with Crippen molar-refractivity contribution in [1.29, 1.82) is 0 Å². The highest BCUT2D eigenvalue weighted by atomic mass is 35.5. The summed E-state index contributed by atoms with van der Waals surface area (Å²) in [6.07, 6.45) is 1.79. The molecule has 0 atom stereocenters. The predicted octanol–water partition coefficient (Wildman–Crippen LogP) is 3.38. The summed E-state index contributed by atoms with van der Waals surface area (Å²) < 4.78 is 15.6. The standard InChI is InChI=1S/C13H9ClFN3/c14-8-4-5-9(10(15)7-8)12-13(16)18-6-2-1-3-11(18)17-12/h1-7H,16H2. The van der Waals surface area contributed by atoms with Crippen molar-refractivity contribution in [2.75, 3.05) is 5.73 Å². The van der Waals surface area contributed by atoms with Crippen LogP contribution in [0, 0.1) is 5.82 Å². The smallest absolute Gasteiger partial charge is 0.139 e. The van der Waals surface area contributed by atoms with Crippen molar-refractivity contribution in [2.45, 2.75) is 0 Å². The van der Waals surface area contributed by atoms with Crippen LogP contribution in [-0.2, 0) is 0 Å². The molecular formula is C13H9ClFN3. The van der Waals surface area contributed by atoms with E-state index < -0.39 is 5.82 Å². The van der Waals surface area contributed by atoms with E-state index in [-0.39, 0.29) is 0 Å². The molecule has 0 radical (unpaired) electrons. The van der Waals surface area contributed by atoms with Gasteiger partial charge in [0.2, 0.25) is 0 Å². The zero-order valence-electron chi connectivity index (χ0n) is 9.27. The highest BCUT2D eigenvalue weighted by molar-refractivity contribution is 6.30. The van der Waals surface area contributed by atoms with E-state index in [2.05, 4.69) is 4.98 Å². The summed E-state index contributed by atoms with van der Waals surface area (Å²) in [4.78, 5) is 4.33. The van der Waals surface area contributed by atoms with Crippen LogP contribution in [0.1, 0.15) is 0 Å². The van der Waals surface area contributed by atoms with Crippen LogP contribution in [0.15, 0.2) is 42.6 Å². The van der Waals surface area contributed by atoms with E-state index in [1.807, 2.05) is 18.2 Å². The van der Waals surface area contributed by atoms with Crippen molar-refractivity contribution in [3.63, 3.8) is 0 Å². The van der Waals surface area contributed by atoms with Gasteiger partial charge in [0.05, 0.1) is 0 Å². The Morgan fingerprint density at radius 3 is 2.78 bits per heavy atom. The maximum atomic E-state index is 13.9. The third-order valence-electron chi connectivity index (χ3n) is 2.75. The Labute approximate surface area is 108 Å². The van der Waals surface area contributed by atoms with Crippen molar-refractivity contribution in [3.8, 4) is 11.3 Å². The summed E-state index contributed by atoms with van der Waals surface area (Å²) in [6, 6.07) is 9.95. The third kappa shape index (κ3) is 1.62. The summed E-state index contributed by atoms with van der Waals surface area (Å²) in [7, 11) is 0. The Hall–Kier alpha value is -2.07. The summed E-state index contributed by atoms with van der Waals surface area (Å²) in [5, 5.41) is 0.346. The van der Waals surface area contributed by atoms with Crippen molar-refractivity contribution < 1.29 is 4.39 Å². The number of nitrogen functional groups attached to an aromatic ring is 1. The summed E-state index contributed by atoms with van der Waals surface area (Å²) in [6.45, 7) is 0. The molecule has 0 spiro atoms. The second-order valence-corrected chi connectivity index (χ2v) is 4.34. The molecule has 0 bridgehead atoms. The second-order valence-electron chi connectivity index (χ2n) is 3.90. The molecular weight excluding hydrogens is 253 g/mol. The van der Waals surface area contributed by atoms with Crippen LogP contribution in [0.2, 0.25) is 5.02 Å². The van der Waals surface area contributed by atoms with Gasteiger partial charge in [-0.15, -0.1) is 0 Å². The number of hydrogen-bond acceptors (Lipinski definition) is 2. The Balaban J connectivity index is 2.28.